The minimum Gasteiger partial charge on any atom is -0.356 e. The molecule has 7 heteroatoms. The Bertz CT molecular complexity index is 849. The second-order valence-electron chi connectivity index (χ2n) is 9.77. The molecule has 2 bridgehead atoms. The molecule has 4 aliphatic rings. The number of piperidine rings is 3. The van der Waals surface area contributed by atoms with Crippen molar-refractivity contribution in [3.63, 3.8) is 0 Å². The van der Waals surface area contributed by atoms with Gasteiger partial charge in [-0.05, 0) is 82.0 Å². The number of pyridine rings is 1. The maximum atomic E-state index is 12.5. The molecule has 0 unspecified atom stereocenters. The number of anilines is 1. The number of rotatable bonds is 5. The topological polar surface area (TPSA) is 65.5 Å². The van der Waals surface area contributed by atoms with E-state index in [-0.39, 0.29) is 5.25 Å². The molecule has 160 valence electrons. The van der Waals surface area contributed by atoms with Gasteiger partial charge in [0.15, 0.2) is 0 Å². The summed E-state index contributed by atoms with van der Waals surface area (Å²) in [5, 5.41) is -0.140. The summed E-state index contributed by atoms with van der Waals surface area (Å²) in [5.74, 6) is 2.25. The SMILES string of the molecule is Cc1cc(C)nc(N2C[C@H]3C[C@@H](C2)[C@H](CNS(=O)(=O)C2CC2)N2CCCC[C@@H]32)c1. The first kappa shape index (κ1) is 19.8. The van der Waals surface area contributed by atoms with Gasteiger partial charge < -0.3 is 4.90 Å². The molecular formula is C22H34N4O2S. The number of sulfonamides is 1. The highest BCUT2D eigenvalue weighted by Crippen LogP contribution is 2.42. The van der Waals surface area contributed by atoms with Crippen molar-refractivity contribution in [3.05, 3.63) is 23.4 Å². The molecule has 1 aliphatic carbocycles. The zero-order valence-corrected chi connectivity index (χ0v) is 18.5. The maximum absolute atomic E-state index is 12.5. The first-order valence-corrected chi connectivity index (χ1v) is 12.9. The molecule has 4 fully saturated rings. The molecule has 4 heterocycles. The number of fused-ring (bicyclic) bond motifs is 4. The summed E-state index contributed by atoms with van der Waals surface area (Å²) in [4.78, 5) is 9.98. The number of hydrogen-bond donors (Lipinski definition) is 1. The van der Waals surface area contributed by atoms with E-state index in [1.54, 1.807) is 0 Å². The summed E-state index contributed by atoms with van der Waals surface area (Å²) in [6.45, 7) is 7.95. The summed E-state index contributed by atoms with van der Waals surface area (Å²) in [7, 11) is -3.13. The van der Waals surface area contributed by atoms with Gasteiger partial charge in [0, 0.05) is 37.4 Å². The summed E-state index contributed by atoms with van der Waals surface area (Å²) < 4.78 is 28.0. The molecular weight excluding hydrogens is 384 g/mol. The highest BCUT2D eigenvalue weighted by atomic mass is 32.2. The van der Waals surface area contributed by atoms with Crippen LogP contribution in [0.3, 0.4) is 0 Å². The number of nitrogens with one attached hydrogen (secondary N) is 1. The van der Waals surface area contributed by atoms with Crippen LogP contribution in [0.25, 0.3) is 0 Å². The van der Waals surface area contributed by atoms with Crippen molar-refractivity contribution >= 4 is 15.8 Å². The van der Waals surface area contributed by atoms with Crippen molar-refractivity contribution in [3.8, 4) is 0 Å². The second kappa shape index (κ2) is 7.50. The average molecular weight is 419 g/mol. The molecule has 0 radical (unpaired) electrons. The van der Waals surface area contributed by atoms with Gasteiger partial charge in [-0.15, -0.1) is 0 Å². The Balaban J connectivity index is 1.39. The standard InChI is InChI=1S/C22H34N4O2S/c1-15-9-16(2)24-22(10-15)25-13-17-11-18(14-25)21(26-8-4-3-5-20(17)26)12-23-29(27,28)19-6-7-19/h9-10,17-21,23H,3-8,11-14H2,1-2H3/t17-,18+,20+,21+/m1/s1. The lowest BCUT2D eigenvalue weighted by atomic mass is 9.72. The highest BCUT2D eigenvalue weighted by molar-refractivity contribution is 7.90. The molecule has 0 aromatic carbocycles. The van der Waals surface area contributed by atoms with Gasteiger partial charge in [0.2, 0.25) is 10.0 Å². The molecule has 1 aromatic rings. The zero-order chi connectivity index (χ0) is 20.2. The van der Waals surface area contributed by atoms with E-state index >= 15 is 0 Å². The van der Waals surface area contributed by atoms with E-state index in [0.29, 0.717) is 30.5 Å². The van der Waals surface area contributed by atoms with Gasteiger partial charge in [0.25, 0.3) is 0 Å². The molecule has 3 saturated heterocycles. The largest absolute Gasteiger partial charge is 0.356 e. The van der Waals surface area contributed by atoms with E-state index < -0.39 is 10.0 Å². The normalized spacial score (nSPS) is 32.8. The molecule has 5 rings (SSSR count). The Morgan fingerprint density at radius 3 is 2.66 bits per heavy atom. The third-order valence-electron chi connectivity index (χ3n) is 7.49. The Hall–Kier alpha value is -1.18. The highest BCUT2D eigenvalue weighted by Gasteiger charge is 2.48. The molecule has 6 nitrogen and oxygen atoms in total. The zero-order valence-electron chi connectivity index (χ0n) is 17.7. The van der Waals surface area contributed by atoms with Crippen LogP contribution in [0.15, 0.2) is 12.1 Å². The van der Waals surface area contributed by atoms with E-state index in [0.717, 1.165) is 44.0 Å². The van der Waals surface area contributed by atoms with E-state index in [1.165, 1.54) is 31.2 Å². The lowest BCUT2D eigenvalue weighted by Crippen LogP contribution is -2.66. The molecule has 1 N–H and O–H groups in total. The molecule has 1 saturated carbocycles. The molecule has 3 aliphatic heterocycles. The summed E-state index contributed by atoms with van der Waals surface area (Å²) in [5.41, 5.74) is 2.33. The first-order chi connectivity index (χ1) is 13.9. The predicted octanol–water partition coefficient (Wildman–Crippen LogP) is 2.46. The average Bonchev–Trinajstić information content (AvgIpc) is 3.53. The van der Waals surface area contributed by atoms with Gasteiger partial charge in [0.1, 0.15) is 5.82 Å². The maximum Gasteiger partial charge on any atom is 0.214 e. The van der Waals surface area contributed by atoms with Crippen LogP contribution in [0.2, 0.25) is 0 Å². The van der Waals surface area contributed by atoms with Crippen molar-refractivity contribution in [2.24, 2.45) is 11.8 Å². The van der Waals surface area contributed by atoms with Gasteiger partial charge >= 0.3 is 0 Å². The van der Waals surface area contributed by atoms with Crippen molar-refractivity contribution in [1.82, 2.24) is 14.6 Å². The van der Waals surface area contributed by atoms with Gasteiger partial charge in [-0.25, -0.2) is 18.1 Å². The molecule has 0 spiro atoms. The third kappa shape index (κ3) is 3.93. The van der Waals surface area contributed by atoms with E-state index in [9.17, 15) is 8.42 Å². The Kier molecular flexibility index (Phi) is 5.11. The molecule has 29 heavy (non-hydrogen) atoms. The van der Waals surface area contributed by atoms with E-state index in [2.05, 4.69) is 40.5 Å². The van der Waals surface area contributed by atoms with Crippen molar-refractivity contribution in [1.29, 1.82) is 0 Å². The minimum absolute atomic E-state index is 0.140. The number of nitrogens with zero attached hydrogens (tertiary/aromatic N) is 3. The van der Waals surface area contributed by atoms with E-state index in [1.807, 2.05) is 0 Å². The fourth-order valence-corrected chi connectivity index (χ4v) is 7.45. The molecule has 4 atom stereocenters. The minimum atomic E-state index is -3.13. The van der Waals surface area contributed by atoms with Crippen LogP contribution < -0.4 is 9.62 Å². The number of hydrogen-bond acceptors (Lipinski definition) is 5. The number of aromatic nitrogens is 1. The van der Waals surface area contributed by atoms with Crippen LogP contribution in [0.1, 0.15) is 49.8 Å². The van der Waals surface area contributed by atoms with Crippen molar-refractivity contribution < 1.29 is 8.42 Å². The Morgan fingerprint density at radius 1 is 1.10 bits per heavy atom. The number of aryl methyl sites for hydroxylation is 2. The summed E-state index contributed by atoms with van der Waals surface area (Å²) in [6.07, 6.45) is 6.65. The fourth-order valence-electron chi connectivity index (χ4n) is 6.06. The quantitative estimate of drug-likeness (QED) is 0.796. The summed E-state index contributed by atoms with van der Waals surface area (Å²) in [6, 6.07) is 5.23. The molecule has 0 amide bonds. The monoisotopic (exact) mass is 418 g/mol. The van der Waals surface area contributed by atoms with Gasteiger partial charge in [-0.2, -0.15) is 0 Å². The van der Waals surface area contributed by atoms with Crippen LogP contribution in [0.5, 0.6) is 0 Å². The van der Waals surface area contributed by atoms with Crippen LogP contribution in [0.4, 0.5) is 5.82 Å². The van der Waals surface area contributed by atoms with E-state index in [4.69, 9.17) is 4.98 Å². The van der Waals surface area contributed by atoms with Crippen LogP contribution >= 0.6 is 0 Å². The first-order valence-electron chi connectivity index (χ1n) is 11.3. The smallest absolute Gasteiger partial charge is 0.214 e. The van der Waals surface area contributed by atoms with Crippen LogP contribution in [-0.4, -0.2) is 61.8 Å². The summed E-state index contributed by atoms with van der Waals surface area (Å²) >= 11 is 0. The molecule has 1 aromatic heterocycles. The van der Waals surface area contributed by atoms with Gasteiger partial charge in [-0.3, -0.25) is 4.90 Å². The Labute approximate surface area is 175 Å². The van der Waals surface area contributed by atoms with Crippen LogP contribution in [0, 0.1) is 25.7 Å². The lowest BCUT2D eigenvalue weighted by molar-refractivity contribution is -0.0295. The fraction of sp³-hybridized carbons (Fsp3) is 0.773. The third-order valence-corrected chi connectivity index (χ3v) is 9.40. The lowest BCUT2D eigenvalue weighted by Gasteiger charge is -2.57. The second-order valence-corrected chi connectivity index (χ2v) is 11.8. The van der Waals surface area contributed by atoms with Gasteiger partial charge in [0.05, 0.1) is 5.25 Å². The van der Waals surface area contributed by atoms with Crippen molar-refractivity contribution in [2.45, 2.75) is 69.7 Å². The van der Waals surface area contributed by atoms with Gasteiger partial charge in [-0.1, -0.05) is 6.42 Å². The van der Waals surface area contributed by atoms with Crippen LogP contribution in [-0.2, 0) is 10.0 Å². The Morgan fingerprint density at radius 2 is 1.90 bits per heavy atom. The van der Waals surface area contributed by atoms with Crippen molar-refractivity contribution in [2.75, 3.05) is 31.1 Å². The predicted molar refractivity (Wildman–Crippen MR) is 116 cm³/mol.